The van der Waals surface area contributed by atoms with Gasteiger partial charge in [-0.2, -0.15) is 0 Å². The zero-order valence-electron chi connectivity index (χ0n) is 18.9. The molecule has 5 rings (SSSR count). The zero-order chi connectivity index (χ0) is 22.3. The summed E-state index contributed by atoms with van der Waals surface area (Å²) >= 11 is 0. The first kappa shape index (κ1) is 25.8. The van der Waals surface area contributed by atoms with Crippen molar-refractivity contribution in [3.05, 3.63) is 71.8 Å². The van der Waals surface area contributed by atoms with E-state index in [2.05, 4.69) is 10.3 Å². The van der Waals surface area contributed by atoms with E-state index in [-0.39, 0.29) is 44.4 Å². The van der Waals surface area contributed by atoms with Crippen LogP contribution < -0.4 is 5.32 Å². The number of hydrogen-bond acceptors (Lipinski definition) is 5. The molecular weight excluding hydrogens is 494 g/mol. The van der Waals surface area contributed by atoms with Crippen LogP contribution in [0.25, 0.3) is 16.6 Å². The molecule has 1 saturated heterocycles. The number of aromatic nitrogens is 3. The van der Waals surface area contributed by atoms with Gasteiger partial charge in [0.05, 0.1) is 5.69 Å². The summed E-state index contributed by atoms with van der Waals surface area (Å²) in [5.74, 6) is 2.05. The van der Waals surface area contributed by atoms with Gasteiger partial charge in [0.25, 0.3) is 0 Å². The van der Waals surface area contributed by atoms with Crippen molar-refractivity contribution in [1.82, 2.24) is 15.0 Å². The average Bonchev–Trinajstić information content (AvgIpc) is 2.85. The molecule has 3 unspecified atom stereocenters. The Hall–Kier alpha value is -1.80. The number of fused-ring (bicyclic) bond motifs is 1. The van der Waals surface area contributed by atoms with E-state index in [4.69, 9.17) is 20.4 Å². The molecule has 1 saturated carbocycles. The van der Waals surface area contributed by atoms with Crippen LogP contribution in [0.5, 0.6) is 0 Å². The van der Waals surface area contributed by atoms with Crippen LogP contribution in [-0.4, -0.2) is 39.8 Å². The van der Waals surface area contributed by atoms with Gasteiger partial charge in [-0.05, 0) is 36.8 Å². The van der Waals surface area contributed by atoms with E-state index in [1.165, 1.54) is 37.8 Å². The van der Waals surface area contributed by atoms with Crippen LogP contribution in [0.2, 0.25) is 0 Å². The number of aliphatic hydroxyl groups excluding tert-OH is 1. The molecule has 2 fully saturated rings. The Morgan fingerprint density at radius 2 is 1.91 bits per heavy atom. The molecule has 2 aromatic heterocycles. The first-order valence-electron chi connectivity index (χ1n) is 11.2. The summed E-state index contributed by atoms with van der Waals surface area (Å²) in [5.41, 5.74) is 2.42. The second-order valence-corrected chi connectivity index (χ2v) is 8.28. The Morgan fingerprint density at radius 3 is 2.70 bits per heavy atom. The van der Waals surface area contributed by atoms with Gasteiger partial charge in [-0.1, -0.05) is 37.7 Å². The van der Waals surface area contributed by atoms with Crippen LogP contribution in [0.3, 0.4) is 0 Å². The summed E-state index contributed by atoms with van der Waals surface area (Å²) < 4.78 is 13.6. The molecular formula is C25H29FN5OY-. The Kier molecular flexibility index (Phi) is 9.86. The van der Waals surface area contributed by atoms with Crippen LogP contribution >= 0.6 is 0 Å². The van der Waals surface area contributed by atoms with Gasteiger partial charge in [-0.15, -0.1) is 12.6 Å². The number of halogens is 1. The molecule has 3 atom stereocenters. The van der Waals surface area contributed by atoms with E-state index in [1.54, 1.807) is 18.5 Å². The van der Waals surface area contributed by atoms with Gasteiger partial charge in [0.2, 0.25) is 0 Å². The van der Waals surface area contributed by atoms with Crippen molar-refractivity contribution in [3.63, 3.8) is 0 Å². The van der Waals surface area contributed by atoms with Crippen LogP contribution in [0, 0.1) is 11.7 Å². The standard InChI is InChI=1S/C24H25FN5.CH4O.Y/c25-19-7-3-8-20(12-19)28-23-13-22(17-6-4-10-26-14-17)29-24(30-23)18-11-16-5-1-2-9-21(16)27-15-18;1-2;/h3-4,6-8,10,12-14,16,18,21H,1-2,5,9,11,15H2,(H,28,29,30);2H,1H3;/q-1;;. The van der Waals surface area contributed by atoms with E-state index in [1.807, 2.05) is 24.3 Å². The predicted octanol–water partition coefficient (Wildman–Crippen LogP) is 5.45. The summed E-state index contributed by atoms with van der Waals surface area (Å²) in [6.45, 7) is 0.775. The number of rotatable bonds is 4. The summed E-state index contributed by atoms with van der Waals surface area (Å²) in [4.78, 5) is 14.0. The van der Waals surface area contributed by atoms with Crippen molar-refractivity contribution in [3.8, 4) is 11.3 Å². The van der Waals surface area contributed by atoms with Gasteiger partial charge in [-0.25, -0.2) is 14.4 Å². The minimum atomic E-state index is -0.281. The minimum Gasteiger partial charge on any atom is -0.659 e. The average molecular weight is 523 g/mol. The zero-order valence-corrected chi connectivity index (χ0v) is 21.7. The Morgan fingerprint density at radius 1 is 1.06 bits per heavy atom. The van der Waals surface area contributed by atoms with Crippen molar-refractivity contribution < 1.29 is 42.2 Å². The summed E-state index contributed by atoms with van der Waals surface area (Å²) in [6.07, 6.45) is 9.71. The van der Waals surface area contributed by atoms with Gasteiger partial charge in [-0.3, -0.25) is 4.98 Å². The van der Waals surface area contributed by atoms with E-state index in [0.717, 1.165) is 37.2 Å². The maximum absolute atomic E-state index is 13.6. The molecule has 1 aromatic carbocycles. The fourth-order valence-corrected chi connectivity index (χ4v) is 4.68. The molecule has 2 aliphatic rings. The van der Waals surface area contributed by atoms with E-state index < -0.39 is 0 Å². The fourth-order valence-electron chi connectivity index (χ4n) is 4.68. The number of nitrogens with zero attached hydrogens (tertiary/aromatic N) is 4. The van der Waals surface area contributed by atoms with E-state index >= 15 is 0 Å². The number of anilines is 2. The Bertz CT molecular complexity index is 1020. The Balaban J connectivity index is 0.000000994. The molecule has 8 heteroatoms. The second kappa shape index (κ2) is 12.6. The van der Waals surface area contributed by atoms with E-state index in [0.29, 0.717) is 23.5 Å². The van der Waals surface area contributed by atoms with Gasteiger partial charge < -0.3 is 15.7 Å². The summed E-state index contributed by atoms with van der Waals surface area (Å²) in [7, 11) is 1.00. The molecule has 3 aromatic rings. The summed E-state index contributed by atoms with van der Waals surface area (Å²) in [5, 5.41) is 15.2. The molecule has 0 spiro atoms. The van der Waals surface area contributed by atoms with Crippen molar-refractivity contribution in [2.75, 3.05) is 19.0 Å². The molecule has 171 valence electrons. The molecule has 1 aliphatic heterocycles. The number of hydrogen-bond donors (Lipinski definition) is 2. The first-order chi connectivity index (χ1) is 15.7. The first-order valence-corrected chi connectivity index (χ1v) is 11.2. The van der Waals surface area contributed by atoms with Crippen LogP contribution in [0.15, 0.2) is 54.9 Å². The third-order valence-corrected chi connectivity index (χ3v) is 6.18. The van der Waals surface area contributed by atoms with Gasteiger partial charge >= 0.3 is 0 Å². The number of pyridine rings is 1. The van der Waals surface area contributed by atoms with Crippen LogP contribution in [0.4, 0.5) is 15.9 Å². The Labute approximate surface area is 219 Å². The van der Waals surface area contributed by atoms with E-state index in [9.17, 15) is 4.39 Å². The van der Waals surface area contributed by atoms with Gasteiger partial charge in [0.1, 0.15) is 17.5 Å². The third kappa shape index (κ3) is 6.63. The number of piperidine rings is 1. The largest absolute Gasteiger partial charge is 0.659 e. The van der Waals surface area contributed by atoms with Crippen molar-refractivity contribution in [2.24, 2.45) is 5.92 Å². The SMILES string of the molecule is CO.Fc1cccc(Nc2cc(-c3cccnc3)nc(C3C[N-]C4CCCCC4C3)n2)c1.[Y]. The topological polar surface area (TPSA) is 85.0 Å². The number of nitrogens with one attached hydrogen (secondary N) is 1. The van der Waals surface area contributed by atoms with Gasteiger partial charge in [0, 0.05) is 75.4 Å². The van der Waals surface area contributed by atoms with Crippen molar-refractivity contribution >= 4 is 11.5 Å². The summed E-state index contributed by atoms with van der Waals surface area (Å²) in [6, 6.07) is 12.7. The monoisotopic (exact) mass is 523 g/mol. The second-order valence-electron chi connectivity index (χ2n) is 8.28. The van der Waals surface area contributed by atoms with Crippen LogP contribution in [-0.2, 0) is 32.7 Å². The number of benzene rings is 1. The number of aliphatic hydroxyl groups is 1. The quantitative estimate of drug-likeness (QED) is 0.476. The van der Waals surface area contributed by atoms with Crippen LogP contribution in [0.1, 0.15) is 43.8 Å². The van der Waals surface area contributed by atoms with Crippen molar-refractivity contribution in [1.29, 1.82) is 0 Å². The smallest absolute Gasteiger partial charge is 0.134 e. The molecule has 0 bridgehead atoms. The molecule has 0 amide bonds. The molecule has 2 N–H and O–H groups in total. The predicted molar refractivity (Wildman–Crippen MR) is 124 cm³/mol. The normalized spacial score (nSPS) is 21.6. The molecule has 33 heavy (non-hydrogen) atoms. The third-order valence-electron chi connectivity index (χ3n) is 6.18. The maximum Gasteiger partial charge on any atom is 0.134 e. The maximum atomic E-state index is 13.6. The minimum absolute atomic E-state index is 0. The fraction of sp³-hybridized carbons (Fsp3) is 0.400. The molecule has 3 heterocycles. The van der Waals surface area contributed by atoms with Crippen molar-refractivity contribution in [2.45, 2.75) is 44.1 Å². The van der Waals surface area contributed by atoms with Gasteiger partial charge in [0.15, 0.2) is 0 Å². The molecule has 6 nitrogen and oxygen atoms in total. The molecule has 1 radical (unpaired) electrons. The molecule has 1 aliphatic carbocycles.